The second-order valence-electron chi connectivity index (χ2n) is 5.30. The van der Waals surface area contributed by atoms with E-state index in [0.29, 0.717) is 13.2 Å². The SMILES string of the molecule is CC(CCN1CNC(Cc2ccccc2)C1=O)S(C)=O. The predicted octanol–water partition coefficient (Wildman–Crippen LogP) is 1.14. The van der Waals surface area contributed by atoms with Crippen LogP contribution in [0.25, 0.3) is 0 Å². The van der Waals surface area contributed by atoms with E-state index in [1.165, 1.54) is 5.56 Å². The molecule has 3 unspecified atom stereocenters. The summed E-state index contributed by atoms with van der Waals surface area (Å²) >= 11 is 0. The summed E-state index contributed by atoms with van der Waals surface area (Å²) in [5.41, 5.74) is 1.17. The normalized spacial score (nSPS) is 22.0. The molecular formula is C15H22N2O2S. The van der Waals surface area contributed by atoms with Crippen molar-refractivity contribution in [2.75, 3.05) is 19.5 Å². The summed E-state index contributed by atoms with van der Waals surface area (Å²) < 4.78 is 11.3. The van der Waals surface area contributed by atoms with Crippen LogP contribution in [0.3, 0.4) is 0 Å². The van der Waals surface area contributed by atoms with Gasteiger partial charge in [0.1, 0.15) is 0 Å². The molecule has 1 saturated heterocycles. The van der Waals surface area contributed by atoms with Crippen LogP contribution < -0.4 is 5.32 Å². The summed E-state index contributed by atoms with van der Waals surface area (Å²) in [6.07, 6.45) is 3.23. The molecule has 0 radical (unpaired) electrons. The Morgan fingerprint density at radius 1 is 1.40 bits per heavy atom. The first kappa shape index (κ1) is 15.2. The molecule has 20 heavy (non-hydrogen) atoms. The lowest BCUT2D eigenvalue weighted by Crippen LogP contribution is -2.33. The van der Waals surface area contributed by atoms with Gasteiger partial charge in [0.2, 0.25) is 5.91 Å². The van der Waals surface area contributed by atoms with Gasteiger partial charge in [-0.25, -0.2) is 0 Å². The van der Waals surface area contributed by atoms with Gasteiger partial charge in [0.05, 0.1) is 12.7 Å². The lowest BCUT2D eigenvalue weighted by atomic mass is 10.1. The third-order valence-electron chi connectivity index (χ3n) is 3.79. The minimum atomic E-state index is -0.820. The fourth-order valence-corrected chi connectivity index (χ4v) is 2.75. The zero-order valence-electron chi connectivity index (χ0n) is 12.0. The lowest BCUT2D eigenvalue weighted by molar-refractivity contribution is -0.128. The highest BCUT2D eigenvalue weighted by atomic mass is 32.2. The van der Waals surface area contributed by atoms with Gasteiger partial charge >= 0.3 is 0 Å². The van der Waals surface area contributed by atoms with E-state index in [4.69, 9.17) is 0 Å². The Hall–Kier alpha value is -1.20. The molecule has 3 atom stereocenters. The molecule has 1 N–H and O–H groups in total. The number of nitrogens with zero attached hydrogens (tertiary/aromatic N) is 1. The highest BCUT2D eigenvalue weighted by molar-refractivity contribution is 7.84. The molecule has 2 rings (SSSR count). The van der Waals surface area contributed by atoms with E-state index < -0.39 is 10.8 Å². The number of hydrogen-bond acceptors (Lipinski definition) is 3. The quantitative estimate of drug-likeness (QED) is 0.856. The molecule has 1 aliphatic heterocycles. The van der Waals surface area contributed by atoms with Crippen LogP contribution in [0.5, 0.6) is 0 Å². The van der Waals surface area contributed by atoms with Gasteiger partial charge in [-0.3, -0.25) is 14.3 Å². The Morgan fingerprint density at radius 3 is 2.75 bits per heavy atom. The molecule has 0 aromatic heterocycles. The molecule has 110 valence electrons. The molecule has 0 aliphatic carbocycles. The Kier molecular flexibility index (Phi) is 5.31. The molecule has 5 heteroatoms. The molecule has 0 bridgehead atoms. The maximum atomic E-state index is 12.3. The van der Waals surface area contributed by atoms with Gasteiger partial charge < -0.3 is 4.90 Å². The zero-order valence-corrected chi connectivity index (χ0v) is 12.9. The number of benzene rings is 1. The van der Waals surface area contributed by atoms with Crippen LogP contribution in [0.1, 0.15) is 18.9 Å². The fraction of sp³-hybridized carbons (Fsp3) is 0.533. The van der Waals surface area contributed by atoms with Crippen molar-refractivity contribution in [3.8, 4) is 0 Å². The first-order valence-corrected chi connectivity index (χ1v) is 8.58. The fourth-order valence-electron chi connectivity index (χ4n) is 2.31. The van der Waals surface area contributed by atoms with Crippen LogP contribution in [-0.2, 0) is 22.0 Å². The van der Waals surface area contributed by atoms with Crippen molar-refractivity contribution in [1.29, 1.82) is 0 Å². The van der Waals surface area contributed by atoms with Gasteiger partial charge in [0.25, 0.3) is 0 Å². The molecule has 1 aliphatic rings. The van der Waals surface area contributed by atoms with Crippen LogP contribution in [0.4, 0.5) is 0 Å². The third kappa shape index (κ3) is 3.90. The molecule has 1 heterocycles. The molecular weight excluding hydrogens is 272 g/mol. The highest BCUT2D eigenvalue weighted by Gasteiger charge is 2.30. The van der Waals surface area contributed by atoms with Gasteiger partial charge in [0.15, 0.2) is 0 Å². The van der Waals surface area contributed by atoms with Gasteiger partial charge in [-0.1, -0.05) is 37.3 Å². The molecule has 1 amide bonds. The average molecular weight is 294 g/mol. The van der Waals surface area contributed by atoms with E-state index >= 15 is 0 Å². The molecule has 1 aromatic carbocycles. The van der Waals surface area contributed by atoms with Crippen molar-refractivity contribution in [2.45, 2.75) is 31.1 Å². The van der Waals surface area contributed by atoms with E-state index in [-0.39, 0.29) is 17.2 Å². The highest BCUT2D eigenvalue weighted by Crippen LogP contribution is 2.12. The monoisotopic (exact) mass is 294 g/mol. The van der Waals surface area contributed by atoms with Crippen molar-refractivity contribution in [3.05, 3.63) is 35.9 Å². The molecule has 4 nitrogen and oxygen atoms in total. The van der Waals surface area contributed by atoms with Crippen LogP contribution >= 0.6 is 0 Å². The number of carbonyl (C=O) groups is 1. The maximum Gasteiger partial charge on any atom is 0.241 e. The minimum absolute atomic E-state index is 0.125. The number of carbonyl (C=O) groups excluding carboxylic acids is 1. The summed E-state index contributed by atoms with van der Waals surface area (Å²) in [4.78, 5) is 14.1. The Balaban J connectivity index is 1.85. The Morgan fingerprint density at radius 2 is 2.10 bits per heavy atom. The number of nitrogens with one attached hydrogen (secondary N) is 1. The van der Waals surface area contributed by atoms with Gasteiger partial charge in [0, 0.05) is 28.9 Å². The summed E-state index contributed by atoms with van der Waals surface area (Å²) in [6.45, 7) is 3.24. The van der Waals surface area contributed by atoms with Crippen LogP contribution in [-0.4, -0.2) is 45.8 Å². The van der Waals surface area contributed by atoms with Crippen LogP contribution in [0.2, 0.25) is 0 Å². The van der Waals surface area contributed by atoms with E-state index in [1.807, 2.05) is 42.2 Å². The van der Waals surface area contributed by atoms with Gasteiger partial charge in [-0.15, -0.1) is 0 Å². The van der Waals surface area contributed by atoms with Crippen molar-refractivity contribution in [2.24, 2.45) is 0 Å². The second-order valence-corrected chi connectivity index (χ2v) is 7.11. The summed E-state index contributed by atoms with van der Waals surface area (Å²) in [5, 5.41) is 3.39. The van der Waals surface area contributed by atoms with Crippen molar-refractivity contribution < 1.29 is 9.00 Å². The molecule has 0 spiro atoms. The van der Waals surface area contributed by atoms with E-state index in [0.717, 1.165) is 12.8 Å². The first-order chi connectivity index (χ1) is 9.58. The number of rotatable bonds is 6. The number of amides is 1. The minimum Gasteiger partial charge on any atom is -0.328 e. The Labute approximate surface area is 123 Å². The van der Waals surface area contributed by atoms with Gasteiger partial charge in [-0.05, 0) is 18.4 Å². The topological polar surface area (TPSA) is 49.4 Å². The summed E-state index contributed by atoms with van der Waals surface area (Å²) in [7, 11) is -0.820. The molecule has 0 saturated carbocycles. The van der Waals surface area contributed by atoms with Crippen LogP contribution in [0.15, 0.2) is 30.3 Å². The first-order valence-electron chi connectivity index (χ1n) is 6.96. The van der Waals surface area contributed by atoms with Crippen molar-refractivity contribution in [1.82, 2.24) is 10.2 Å². The van der Waals surface area contributed by atoms with Crippen LogP contribution in [0, 0.1) is 0 Å². The number of hydrogen-bond donors (Lipinski definition) is 1. The smallest absolute Gasteiger partial charge is 0.241 e. The lowest BCUT2D eigenvalue weighted by Gasteiger charge is -2.17. The second kappa shape index (κ2) is 6.99. The van der Waals surface area contributed by atoms with E-state index in [9.17, 15) is 9.00 Å². The van der Waals surface area contributed by atoms with E-state index in [2.05, 4.69) is 5.32 Å². The molecule has 1 aromatic rings. The average Bonchev–Trinajstić information content (AvgIpc) is 2.78. The van der Waals surface area contributed by atoms with E-state index in [1.54, 1.807) is 6.26 Å². The maximum absolute atomic E-state index is 12.3. The third-order valence-corrected chi connectivity index (χ3v) is 5.16. The summed E-state index contributed by atoms with van der Waals surface area (Å²) in [6, 6.07) is 9.92. The zero-order chi connectivity index (χ0) is 14.5. The standard InChI is InChI=1S/C15H22N2O2S/c1-12(20(2)19)8-9-17-11-16-14(15(17)18)10-13-6-4-3-5-7-13/h3-7,12,14,16H,8-11H2,1-2H3. The molecule has 1 fully saturated rings. The van der Waals surface area contributed by atoms with Gasteiger partial charge in [-0.2, -0.15) is 0 Å². The largest absolute Gasteiger partial charge is 0.328 e. The Bertz CT molecular complexity index is 478. The van der Waals surface area contributed by atoms with Crippen molar-refractivity contribution >= 4 is 16.7 Å². The summed E-state index contributed by atoms with van der Waals surface area (Å²) in [5.74, 6) is 0.155. The van der Waals surface area contributed by atoms with Crippen molar-refractivity contribution in [3.63, 3.8) is 0 Å². The predicted molar refractivity (Wildman–Crippen MR) is 81.8 cm³/mol.